The summed E-state index contributed by atoms with van der Waals surface area (Å²) >= 11 is 5.79. The van der Waals surface area contributed by atoms with Crippen molar-refractivity contribution in [3.05, 3.63) is 40.5 Å². The molecule has 2 rings (SSSR count). The Bertz CT molecular complexity index is 797. The molecule has 0 radical (unpaired) electrons. The van der Waals surface area contributed by atoms with E-state index in [1.54, 1.807) is 0 Å². The minimum atomic E-state index is -4.77. The second kappa shape index (κ2) is 8.17. The first-order valence-electron chi connectivity index (χ1n) is 7.45. The fourth-order valence-corrected chi connectivity index (χ4v) is 2.17. The number of rotatable bonds is 6. The minimum Gasteiger partial charge on any atom is -0.396 e. The summed E-state index contributed by atoms with van der Waals surface area (Å²) in [6.07, 6.45) is -9.12. The molecule has 12 heteroatoms. The van der Waals surface area contributed by atoms with Gasteiger partial charge in [-0.3, -0.25) is 0 Å². The first-order valence-corrected chi connectivity index (χ1v) is 7.83. The zero-order valence-electron chi connectivity index (χ0n) is 13.4. The van der Waals surface area contributed by atoms with Gasteiger partial charge in [-0.1, -0.05) is 11.6 Å². The molecule has 0 saturated heterocycles. The lowest BCUT2D eigenvalue weighted by Crippen LogP contribution is -2.14. The number of anilines is 3. The number of hydrogen-bond acceptors (Lipinski definition) is 5. The molecule has 2 aromatic rings. The van der Waals surface area contributed by atoms with E-state index in [-0.39, 0.29) is 42.0 Å². The Kier molecular flexibility index (Phi) is 6.37. The summed E-state index contributed by atoms with van der Waals surface area (Å²) < 4.78 is 77.0. The lowest BCUT2D eigenvalue weighted by Gasteiger charge is -2.14. The Labute approximate surface area is 154 Å². The van der Waals surface area contributed by atoms with Gasteiger partial charge in [-0.15, -0.1) is 0 Å². The molecule has 0 aliphatic heterocycles. The molecular weight excluding hydrogens is 402 g/mol. The molecule has 1 aromatic carbocycles. The van der Waals surface area contributed by atoms with Crippen LogP contribution in [0.2, 0.25) is 5.02 Å². The highest BCUT2D eigenvalue weighted by molar-refractivity contribution is 6.33. The minimum absolute atomic E-state index is 0.0576. The third-order valence-corrected chi connectivity index (χ3v) is 3.51. The van der Waals surface area contributed by atoms with Crippen molar-refractivity contribution in [2.45, 2.75) is 18.8 Å². The van der Waals surface area contributed by atoms with Crippen molar-refractivity contribution in [1.29, 1.82) is 0 Å². The fourth-order valence-electron chi connectivity index (χ4n) is 1.95. The molecule has 0 bridgehead atoms. The monoisotopic (exact) mass is 414 g/mol. The maximum atomic E-state index is 13.0. The lowest BCUT2D eigenvalue weighted by molar-refractivity contribution is -0.141. The SMILES string of the molecule is OCCCNc1nc(Nc2ccc(C(F)(F)F)cc2Cl)cc(C(F)(F)F)n1. The molecule has 0 unspecified atom stereocenters. The van der Waals surface area contributed by atoms with Gasteiger partial charge in [0.05, 0.1) is 16.3 Å². The quantitative estimate of drug-likeness (QED) is 0.472. The molecule has 5 nitrogen and oxygen atoms in total. The van der Waals surface area contributed by atoms with Crippen molar-refractivity contribution >= 4 is 29.1 Å². The Morgan fingerprint density at radius 1 is 1.00 bits per heavy atom. The second-order valence-electron chi connectivity index (χ2n) is 5.28. The van der Waals surface area contributed by atoms with E-state index in [0.29, 0.717) is 12.1 Å². The van der Waals surface area contributed by atoms with Crippen LogP contribution in [0.3, 0.4) is 0 Å². The summed E-state index contributed by atoms with van der Waals surface area (Å²) in [6.45, 7) is -0.0590. The van der Waals surface area contributed by atoms with Gasteiger partial charge in [0.2, 0.25) is 5.95 Å². The Hall–Kier alpha value is -2.27. The molecule has 0 atom stereocenters. The van der Waals surface area contributed by atoms with Gasteiger partial charge in [0.1, 0.15) is 5.82 Å². The van der Waals surface area contributed by atoms with Crippen molar-refractivity contribution < 1.29 is 31.4 Å². The van der Waals surface area contributed by atoms with Crippen LogP contribution in [0.15, 0.2) is 24.3 Å². The molecule has 27 heavy (non-hydrogen) atoms. The third kappa shape index (κ3) is 5.86. The molecule has 148 valence electrons. The van der Waals surface area contributed by atoms with E-state index in [4.69, 9.17) is 16.7 Å². The number of hydrogen-bond donors (Lipinski definition) is 3. The number of aromatic nitrogens is 2. The van der Waals surface area contributed by atoms with Crippen LogP contribution in [0.4, 0.5) is 43.8 Å². The molecule has 0 aliphatic rings. The van der Waals surface area contributed by atoms with Gasteiger partial charge in [0, 0.05) is 19.2 Å². The first kappa shape index (κ1) is 21.0. The molecule has 0 aliphatic carbocycles. The molecule has 1 aromatic heterocycles. The first-order chi connectivity index (χ1) is 12.5. The maximum Gasteiger partial charge on any atom is 0.433 e. The van der Waals surface area contributed by atoms with Crippen molar-refractivity contribution in [3.8, 4) is 0 Å². The van der Waals surface area contributed by atoms with Crippen molar-refractivity contribution in [1.82, 2.24) is 9.97 Å². The molecule has 3 N–H and O–H groups in total. The zero-order valence-corrected chi connectivity index (χ0v) is 14.2. The Morgan fingerprint density at radius 2 is 1.70 bits per heavy atom. The van der Waals surface area contributed by atoms with Crippen molar-refractivity contribution in [2.75, 3.05) is 23.8 Å². The summed E-state index contributed by atoms with van der Waals surface area (Å²) in [4.78, 5) is 7.17. The number of alkyl halides is 6. The smallest absolute Gasteiger partial charge is 0.396 e. The van der Waals surface area contributed by atoms with Gasteiger partial charge in [0.15, 0.2) is 5.69 Å². The molecule has 0 fully saturated rings. The van der Waals surface area contributed by atoms with Crippen molar-refractivity contribution in [2.24, 2.45) is 0 Å². The predicted molar refractivity (Wildman–Crippen MR) is 87.0 cm³/mol. The Morgan fingerprint density at radius 3 is 2.26 bits per heavy atom. The average molecular weight is 415 g/mol. The third-order valence-electron chi connectivity index (χ3n) is 3.19. The van der Waals surface area contributed by atoms with E-state index in [0.717, 1.165) is 12.1 Å². The van der Waals surface area contributed by atoms with Gasteiger partial charge in [-0.2, -0.15) is 31.3 Å². The summed E-state index contributed by atoms with van der Waals surface area (Å²) in [5.74, 6) is -0.672. The van der Waals surface area contributed by atoms with Gasteiger partial charge in [-0.25, -0.2) is 4.98 Å². The topological polar surface area (TPSA) is 70.1 Å². The van der Waals surface area contributed by atoms with Gasteiger partial charge < -0.3 is 15.7 Å². The van der Waals surface area contributed by atoms with Crippen LogP contribution in [-0.4, -0.2) is 28.2 Å². The largest absolute Gasteiger partial charge is 0.433 e. The van der Waals surface area contributed by atoms with E-state index in [9.17, 15) is 26.3 Å². The predicted octanol–water partition coefficient (Wildman–Crippen LogP) is 4.71. The van der Waals surface area contributed by atoms with Crippen LogP contribution in [0.25, 0.3) is 0 Å². The van der Waals surface area contributed by atoms with E-state index in [2.05, 4.69) is 20.6 Å². The molecule has 0 spiro atoms. The van der Waals surface area contributed by atoms with Crippen molar-refractivity contribution in [3.63, 3.8) is 0 Å². The number of benzene rings is 1. The van der Waals surface area contributed by atoms with Crippen LogP contribution in [-0.2, 0) is 12.4 Å². The summed E-state index contributed by atoms with van der Waals surface area (Å²) in [5, 5.41) is 13.4. The Balaban J connectivity index is 2.33. The molecule has 1 heterocycles. The van der Waals surface area contributed by atoms with Crippen LogP contribution in [0, 0.1) is 0 Å². The maximum absolute atomic E-state index is 13.0. The van der Waals surface area contributed by atoms with E-state index in [1.807, 2.05) is 0 Å². The highest BCUT2D eigenvalue weighted by Crippen LogP contribution is 2.35. The fraction of sp³-hybridized carbons (Fsp3) is 0.333. The normalized spacial score (nSPS) is 12.1. The van der Waals surface area contributed by atoms with Crippen LogP contribution >= 0.6 is 11.6 Å². The summed E-state index contributed by atoms with van der Waals surface area (Å²) in [5.41, 5.74) is -2.31. The van der Waals surface area contributed by atoms with Crippen LogP contribution in [0.5, 0.6) is 0 Å². The number of aliphatic hydroxyl groups excluding tert-OH is 1. The summed E-state index contributed by atoms with van der Waals surface area (Å²) in [6, 6.07) is 2.97. The molecule has 0 amide bonds. The van der Waals surface area contributed by atoms with E-state index < -0.39 is 23.6 Å². The zero-order chi connectivity index (χ0) is 20.2. The highest BCUT2D eigenvalue weighted by atomic mass is 35.5. The molecular formula is C15H13ClF6N4O. The van der Waals surface area contributed by atoms with Gasteiger partial charge in [-0.05, 0) is 24.6 Å². The second-order valence-corrected chi connectivity index (χ2v) is 5.69. The average Bonchev–Trinajstić information content (AvgIpc) is 2.55. The lowest BCUT2D eigenvalue weighted by atomic mass is 10.2. The van der Waals surface area contributed by atoms with E-state index in [1.165, 1.54) is 0 Å². The van der Waals surface area contributed by atoms with Gasteiger partial charge >= 0.3 is 12.4 Å². The summed E-state index contributed by atoms with van der Waals surface area (Å²) in [7, 11) is 0. The number of halogens is 7. The highest BCUT2D eigenvalue weighted by Gasteiger charge is 2.34. The van der Waals surface area contributed by atoms with Gasteiger partial charge in [0.25, 0.3) is 0 Å². The van der Waals surface area contributed by atoms with E-state index >= 15 is 0 Å². The van der Waals surface area contributed by atoms with Crippen LogP contribution < -0.4 is 10.6 Å². The number of nitrogens with zero attached hydrogens (tertiary/aromatic N) is 2. The number of aliphatic hydroxyl groups is 1. The molecule has 0 saturated carbocycles. The van der Waals surface area contributed by atoms with Crippen LogP contribution in [0.1, 0.15) is 17.7 Å². The standard InChI is InChI=1S/C15H13ClF6N4O/c16-9-6-8(14(17,18)19)2-3-10(9)24-12-7-11(15(20,21)22)25-13(26-12)23-4-1-5-27/h2-3,6-7,27H,1,4-5H2,(H2,23,24,25,26). The number of nitrogens with one attached hydrogen (secondary N) is 2.